The summed E-state index contributed by atoms with van der Waals surface area (Å²) < 4.78 is 5.52. The van der Waals surface area contributed by atoms with Gasteiger partial charge in [-0.1, -0.05) is 6.07 Å². The maximum Gasteiger partial charge on any atom is 0.0897 e. The van der Waals surface area contributed by atoms with E-state index in [9.17, 15) is 5.11 Å². The van der Waals surface area contributed by atoms with E-state index in [1.54, 1.807) is 11.3 Å². The fraction of sp³-hybridized carbons (Fsp3) is 0.750. The molecule has 5 heteroatoms. The van der Waals surface area contributed by atoms with Crippen molar-refractivity contribution in [3.63, 3.8) is 0 Å². The molecule has 1 aliphatic heterocycles. The van der Waals surface area contributed by atoms with Gasteiger partial charge >= 0.3 is 0 Å². The quantitative estimate of drug-likeness (QED) is 0.731. The largest absolute Gasteiger partial charge is 0.389 e. The molecule has 4 nitrogen and oxygen atoms in total. The highest BCUT2D eigenvalue weighted by Gasteiger charge is 2.23. The van der Waals surface area contributed by atoms with Crippen molar-refractivity contribution in [3.8, 4) is 0 Å². The van der Waals surface area contributed by atoms with Crippen LogP contribution in [0.5, 0.6) is 0 Å². The van der Waals surface area contributed by atoms with Crippen molar-refractivity contribution in [3.05, 3.63) is 22.4 Å². The normalized spacial score (nSPS) is 21.2. The zero-order valence-corrected chi connectivity index (χ0v) is 13.9. The summed E-state index contributed by atoms with van der Waals surface area (Å²) in [5, 5.41) is 15.3. The van der Waals surface area contributed by atoms with Gasteiger partial charge in [0, 0.05) is 24.0 Å². The molecule has 120 valence electrons. The topological polar surface area (TPSA) is 44.7 Å². The SMILES string of the molecule is CC(C)N1CCC(CNCC(O)COCc2cccs2)C1. The first-order valence-electron chi connectivity index (χ1n) is 7.88. The summed E-state index contributed by atoms with van der Waals surface area (Å²) in [4.78, 5) is 3.72. The van der Waals surface area contributed by atoms with Gasteiger partial charge in [-0.2, -0.15) is 0 Å². The Labute approximate surface area is 132 Å². The van der Waals surface area contributed by atoms with Crippen LogP contribution >= 0.6 is 11.3 Å². The lowest BCUT2D eigenvalue weighted by Gasteiger charge is -2.20. The van der Waals surface area contributed by atoms with Crippen LogP contribution < -0.4 is 5.32 Å². The van der Waals surface area contributed by atoms with E-state index in [1.165, 1.54) is 24.4 Å². The smallest absolute Gasteiger partial charge is 0.0897 e. The molecule has 0 spiro atoms. The maximum absolute atomic E-state index is 9.90. The van der Waals surface area contributed by atoms with Gasteiger partial charge in [-0.05, 0) is 50.7 Å². The second-order valence-electron chi connectivity index (χ2n) is 6.15. The van der Waals surface area contributed by atoms with Gasteiger partial charge in [0.2, 0.25) is 0 Å². The Morgan fingerprint density at radius 2 is 2.38 bits per heavy atom. The Kier molecular flexibility index (Phi) is 7.13. The number of aliphatic hydroxyl groups excluding tert-OH is 1. The molecule has 2 N–H and O–H groups in total. The molecule has 0 saturated carbocycles. The molecule has 1 aromatic heterocycles. The predicted molar refractivity (Wildman–Crippen MR) is 87.7 cm³/mol. The fourth-order valence-corrected chi connectivity index (χ4v) is 3.34. The van der Waals surface area contributed by atoms with Crippen molar-refractivity contribution >= 4 is 11.3 Å². The van der Waals surface area contributed by atoms with Gasteiger partial charge in [-0.15, -0.1) is 11.3 Å². The van der Waals surface area contributed by atoms with Crippen molar-refractivity contribution in [2.75, 3.05) is 32.8 Å². The van der Waals surface area contributed by atoms with Crippen LogP contribution in [0.25, 0.3) is 0 Å². The highest BCUT2D eigenvalue weighted by atomic mass is 32.1. The fourth-order valence-electron chi connectivity index (χ4n) is 2.70. The average molecular weight is 312 g/mol. The Hall–Kier alpha value is -0.460. The average Bonchev–Trinajstić information content (AvgIpc) is 3.09. The lowest BCUT2D eigenvalue weighted by molar-refractivity contribution is 0.0295. The van der Waals surface area contributed by atoms with Crippen molar-refractivity contribution in [2.24, 2.45) is 5.92 Å². The van der Waals surface area contributed by atoms with Gasteiger partial charge in [-0.25, -0.2) is 0 Å². The summed E-state index contributed by atoms with van der Waals surface area (Å²) >= 11 is 1.68. The Balaban J connectivity index is 1.50. The molecule has 0 radical (unpaired) electrons. The molecule has 2 heterocycles. The van der Waals surface area contributed by atoms with E-state index in [0.717, 1.165) is 6.54 Å². The van der Waals surface area contributed by atoms with E-state index < -0.39 is 6.10 Å². The van der Waals surface area contributed by atoms with Crippen LogP contribution in [0.2, 0.25) is 0 Å². The van der Waals surface area contributed by atoms with Crippen LogP contribution in [0.15, 0.2) is 17.5 Å². The molecular formula is C16H28N2O2S. The molecule has 0 aliphatic carbocycles. The van der Waals surface area contributed by atoms with E-state index in [4.69, 9.17) is 4.74 Å². The number of ether oxygens (including phenoxy) is 1. The van der Waals surface area contributed by atoms with Crippen LogP contribution in [0.4, 0.5) is 0 Å². The van der Waals surface area contributed by atoms with Crippen molar-refractivity contribution < 1.29 is 9.84 Å². The number of hydrogen-bond donors (Lipinski definition) is 2. The second kappa shape index (κ2) is 8.86. The van der Waals surface area contributed by atoms with Crippen LogP contribution in [0.1, 0.15) is 25.1 Å². The van der Waals surface area contributed by atoms with Gasteiger partial charge in [0.1, 0.15) is 0 Å². The number of likely N-dealkylation sites (tertiary alicyclic amines) is 1. The molecule has 1 fully saturated rings. The predicted octanol–water partition coefficient (Wildman–Crippen LogP) is 1.95. The first-order valence-corrected chi connectivity index (χ1v) is 8.76. The number of hydrogen-bond acceptors (Lipinski definition) is 5. The number of nitrogens with zero attached hydrogens (tertiary/aromatic N) is 1. The zero-order valence-electron chi connectivity index (χ0n) is 13.1. The Bertz CT molecular complexity index is 384. The van der Waals surface area contributed by atoms with Gasteiger partial charge in [0.05, 0.1) is 19.3 Å². The van der Waals surface area contributed by atoms with Crippen LogP contribution in [-0.2, 0) is 11.3 Å². The molecule has 0 bridgehead atoms. The summed E-state index contributed by atoms with van der Waals surface area (Å²) in [6.07, 6.45) is 0.837. The Morgan fingerprint density at radius 1 is 1.52 bits per heavy atom. The van der Waals surface area contributed by atoms with Crippen LogP contribution in [-0.4, -0.2) is 54.9 Å². The van der Waals surface area contributed by atoms with Crippen molar-refractivity contribution in [2.45, 2.75) is 39.0 Å². The number of nitrogens with one attached hydrogen (secondary N) is 1. The van der Waals surface area contributed by atoms with E-state index in [0.29, 0.717) is 31.7 Å². The number of rotatable bonds is 9. The molecule has 1 saturated heterocycles. The molecule has 2 rings (SSSR count). The minimum Gasteiger partial charge on any atom is -0.389 e. The second-order valence-corrected chi connectivity index (χ2v) is 7.18. The highest BCUT2D eigenvalue weighted by Crippen LogP contribution is 2.17. The molecule has 21 heavy (non-hydrogen) atoms. The van der Waals surface area contributed by atoms with E-state index >= 15 is 0 Å². The minimum atomic E-state index is -0.424. The van der Waals surface area contributed by atoms with Crippen molar-refractivity contribution in [1.29, 1.82) is 0 Å². The number of thiophene rings is 1. The molecular weight excluding hydrogens is 284 g/mol. The van der Waals surface area contributed by atoms with Crippen molar-refractivity contribution in [1.82, 2.24) is 10.2 Å². The molecule has 2 atom stereocenters. The molecule has 0 amide bonds. The third-order valence-electron chi connectivity index (χ3n) is 4.00. The van der Waals surface area contributed by atoms with E-state index in [2.05, 4.69) is 30.1 Å². The third-order valence-corrected chi connectivity index (χ3v) is 4.85. The van der Waals surface area contributed by atoms with E-state index in [-0.39, 0.29) is 0 Å². The summed E-state index contributed by atoms with van der Waals surface area (Å²) in [5.74, 6) is 0.714. The van der Waals surface area contributed by atoms with Gasteiger partial charge in [0.15, 0.2) is 0 Å². The van der Waals surface area contributed by atoms with Crippen LogP contribution in [0, 0.1) is 5.92 Å². The van der Waals surface area contributed by atoms with E-state index in [1.807, 2.05) is 11.4 Å². The standard InChI is InChI=1S/C16H28N2O2S/c1-13(2)18-6-5-14(10-18)8-17-9-15(19)11-20-12-16-4-3-7-21-16/h3-4,7,13-15,17,19H,5-6,8-12H2,1-2H3. The Morgan fingerprint density at radius 3 is 3.05 bits per heavy atom. The lowest BCUT2D eigenvalue weighted by atomic mass is 10.1. The first kappa shape index (κ1) is 16.9. The first-order chi connectivity index (χ1) is 10.1. The van der Waals surface area contributed by atoms with Crippen LogP contribution in [0.3, 0.4) is 0 Å². The summed E-state index contributed by atoms with van der Waals surface area (Å²) in [7, 11) is 0. The van der Waals surface area contributed by atoms with Gasteiger partial charge in [-0.3, -0.25) is 0 Å². The summed E-state index contributed by atoms with van der Waals surface area (Å²) in [6, 6.07) is 4.71. The zero-order chi connectivity index (χ0) is 15.1. The molecule has 1 aromatic rings. The summed E-state index contributed by atoms with van der Waals surface area (Å²) in [5.41, 5.74) is 0. The third kappa shape index (κ3) is 6.04. The minimum absolute atomic E-state index is 0.397. The maximum atomic E-state index is 9.90. The molecule has 0 aromatic carbocycles. The van der Waals surface area contributed by atoms with Gasteiger partial charge in [0.25, 0.3) is 0 Å². The highest BCUT2D eigenvalue weighted by molar-refractivity contribution is 7.09. The molecule has 1 aliphatic rings. The molecule has 2 unspecified atom stereocenters. The monoisotopic (exact) mass is 312 g/mol. The number of aliphatic hydroxyl groups is 1. The van der Waals surface area contributed by atoms with Gasteiger partial charge < -0.3 is 20.1 Å². The summed E-state index contributed by atoms with van der Waals surface area (Å²) in [6.45, 7) is 9.49. The lowest BCUT2D eigenvalue weighted by Crippen LogP contribution is -2.35.